The van der Waals surface area contributed by atoms with Gasteiger partial charge in [0.25, 0.3) is 0 Å². The molecule has 0 saturated carbocycles. The van der Waals surface area contributed by atoms with E-state index in [0.717, 1.165) is 5.69 Å². The van der Waals surface area contributed by atoms with Crippen molar-refractivity contribution in [3.05, 3.63) is 30.1 Å². The summed E-state index contributed by atoms with van der Waals surface area (Å²) in [7, 11) is 0. The van der Waals surface area contributed by atoms with Gasteiger partial charge in [-0.05, 0) is 12.6 Å². The Bertz CT molecular complexity index is 143. The molecule has 1 heterocycles. The zero-order valence-electron chi connectivity index (χ0n) is 5.26. The van der Waals surface area contributed by atoms with E-state index in [1.807, 2.05) is 19.1 Å². The number of hydrogen-bond donors (Lipinski definition) is 0. The molecule has 0 amide bonds. The van der Waals surface area contributed by atoms with Crippen LogP contribution in [0, 0.1) is 13.0 Å². The summed E-state index contributed by atoms with van der Waals surface area (Å²) in [5.41, 5.74) is 1.04. The molecule has 0 saturated heterocycles. The first-order valence-electron chi connectivity index (χ1n) is 2.45. The van der Waals surface area contributed by atoms with E-state index >= 15 is 0 Å². The minimum absolute atomic E-state index is 1.04. The second kappa shape index (κ2) is 6.37. The van der Waals surface area contributed by atoms with Crippen LogP contribution in [0.3, 0.4) is 0 Å². The average Bonchev–Trinajstić information content (AvgIpc) is 1.94. The molecule has 1 nitrogen and oxygen atoms in total. The van der Waals surface area contributed by atoms with Crippen LogP contribution in [0.25, 0.3) is 0 Å². The van der Waals surface area contributed by atoms with Crippen LogP contribution >= 0.6 is 13.6 Å². The molecule has 0 N–H and O–H groups in total. The molecule has 0 unspecified atom stereocenters. The van der Waals surface area contributed by atoms with Gasteiger partial charge in [0.1, 0.15) is 0 Å². The summed E-state index contributed by atoms with van der Waals surface area (Å²) in [6.45, 7) is 1.95. The van der Waals surface area contributed by atoms with Crippen molar-refractivity contribution in [3.63, 3.8) is 0 Å². The van der Waals surface area contributed by atoms with Gasteiger partial charge in [-0.3, -0.25) is 0 Å². The topological polar surface area (TPSA) is 12.9 Å². The number of aromatic nitrogens is 1. The third-order valence-electron chi connectivity index (χ3n) is 0.763. The van der Waals surface area contributed by atoms with Gasteiger partial charge in [0.15, 0.2) is 0 Å². The predicted octanol–water partition coefficient (Wildman–Crippen LogP) is 2.03. The van der Waals surface area contributed by atoms with Crippen LogP contribution in [-0.2, 0) is 16.3 Å². The molecular formula is C6H6BrNZn. The fourth-order valence-electron chi connectivity index (χ4n) is 0.394. The van der Waals surface area contributed by atoms with E-state index in [4.69, 9.17) is 0 Å². The maximum atomic E-state index is 3.92. The van der Waals surface area contributed by atoms with Gasteiger partial charge in [0.2, 0.25) is 0 Å². The van der Waals surface area contributed by atoms with Gasteiger partial charge in [-0.1, -0.05) is 6.20 Å². The fraction of sp³-hybridized carbons (Fsp3) is 0.167. The normalized spacial score (nSPS) is 7.56. The molecule has 1 aromatic rings. The number of nitrogens with zero attached hydrogens (tertiary/aromatic N) is 1. The first-order valence-corrected chi connectivity index (χ1v) is 9.40. The minimum atomic E-state index is 1.04. The first kappa shape index (κ1) is 9.25. The molecule has 1 aromatic heterocycles. The van der Waals surface area contributed by atoms with Crippen molar-refractivity contribution in [3.8, 4) is 0 Å². The zero-order chi connectivity index (χ0) is 7.11. The SMILES string of the molecule is Cc1cc[c-]cn1.[Zn+][Br]. The Kier molecular flexibility index (Phi) is 6.55. The number of pyridine rings is 1. The molecular weight excluding hydrogens is 231 g/mol. The monoisotopic (exact) mass is 235 g/mol. The summed E-state index contributed by atoms with van der Waals surface area (Å²) in [6.07, 6.45) is 1.66. The van der Waals surface area contributed by atoms with Gasteiger partial charge in [-0.25, -0.2) is 12.1 Å². The Morgan fingerprint density at radius 2 is 2.33 bits per heavy atom. The average molecular weight is 237 g/mol. The van der Waals surface area contributed by atoms with Gasteiger partial charge in [-0.2, -0.15) is 6.07 Å². The van der Waals surface area contributed by atoms with Crippen LogP contribution in [0.2, 0.25) is 0 Å². The fourth-order valence-corrected chi connectivity index (χ4v) is 0.394. The Hall–Kier alpha value is 0.253. The van der Waals surface area contributed by atoms with E-state index < -0.39 is 0 Å². The summed E-state index contributed by atoms with van der Waals surface area (Å²) in [5, 5.41) is 0. The molecule has 44 valence electrons. The van der Waals surface area contributed by atoms with Gasteiger partial charge in [0, 0.05) is 0 Å². The van der Waals surface area contributed by atoms with E-state index in [9.17, 15) is 0 Å². The summed E-state index contributed by atoms with van der Waals surface area (Å²) in [6, 6.07) is 6.59. The second-order valence-electron chi connectivity index (χ2n) is 1.40. The van der Waals surface area contributed by atoms with Crippen LogP contribution in [0.4, 0.5) is 0 Å². The zero-order valence-corrected chi connectivity index (χ0v) is 9.82. The summed E-state index contributed by atoms with van der Waals surface area (Å²) < 4.78 is 0. The van der Waals surface area contributed by atoms with Crippen LogP contribution in [-0.4, -0.2) is 4.98 Å². The molecule has 3 heteroatoms. The number of halogens is 1. The first-order chi connectivity index (χ1) is 4.39. The van der Waals surface area contributed by atoms with E-state index in [1.54, 1.807) is 6.20 Å². The quantitative estimate of drug-likeness (QED) is 0.497. The Morgan fingerprint density at radius 3 is 2.56 bits per heavy atom. The van der Waals surface area contributed by atoms with Crippen molar-refractivity contribution in [1.82, 2.24) is 4.98 Å². The van der Waals surface area contributed by atoms with Crippen LogP contribution in [0.1, 0.15) is 5.69 Å². The van der Waals surface area contributed by atoms with Crippen LogP contribution in [0.15, 0.2) is 18.3 Å². The predicted molar refractivity (Wildman–Crippen MR) is 36.7 cm³/mol. The van der Waals surface area contributed by atoms with Crippen molar-refractivity contribution in [2.75, 3.05) is 0 Å². The van der Waals surface area contributed by atoms with E-state index in [2.05, 4.69) is 24.7 Å². The Balaban J connectivity index is 0.000000291. The van der Waals surface area contributed by atoms with Crippen molar-refractivity contribution in [2.24, 2.45) is 0 Å². The van der Waals surface area contributed by atoms with Crippen LogP contribution < -0.4 is 0 Å². The summed E-state index contributed by atoms with van der Waals surface area (Å²) in [5.74, 6) is 0. The molecule has 0 aliphatic carbocycles. The van der Waals surface area contributed by atoms with E-state index in [0.29, 0.717) is 0 Å². The molecule has 0 fully saturated rings. The van der Waals surface area contributed by atoms with Crippen molar-refractivity contribution in [2.45, 2.75) is 6.92 Å². The summed E-state index contributed by atoms with van der Waals surface area (Å²) in [4.78, 5) is 3.92. The van der Waals surface area contributed by atoms with E-state index in [1.165, 1.54) is 16.3 Å². The van der Waals surface area contributed by atoms with Crippen molar-refractivity contribution in [1.29, 1.82) is 0 Å². The molecule has 0 aromatic carbocycles. The third-order valence-corrected chi connectivity index (χ3v) is 0.763. The number of rotatable bonds is 0. The molecule has 0 bridgehead atoms. The van der Waals surface area contributed by atoms with Crippen LogP contribution in [0.5, 0.6) is 0 Å². The molecule has 0 aliphatic rings. The molecule has 0 spiro atoms. The second-order valence-corrected chi connectivity index (χ2v) is 1.40. The Labute approximate surface area is 71.9 Å². The molecule has 1 rings (SSSR count). The molecule has 9 heavy (non-hydrogen) atoms. The molecule has 0 aliphatic heterocycles. The van der Waals surface area contributed by atoms with Gasteiger partial charge in [-0.15, -0.1) is 0 Å². The van der Waals surface area contributed by atoms with Gasteiger partial charge in [0.05, 0.1) is 0 Å². The standard InChI is InChI=1S/C6H6N.BrH.Zn/c1-6-4-2-3-5-7-6;;/h2,4-5H,1H3;1H;/q-1;;+2/p-1. The molecule has 0 radical (unpaired) electrons. The number of hydrogen-bond acceptors (Lipinski definition) is 1. The molecule has 0 atom stereocenters. The maximum absolute atomic E-state index is 3.92. The van der Waals surface area contributed by atoms with Gasteiger partial charge < -0.3 is 4.98 Å². The van der Waals surface area contributed by atoms with Crippen molar-refractivity contribution >= 4 is 13.6 Å². The van der Waals surface area contributed by atoms with Crippen molar-refractivity contribution < 1.29 is 16.3 Å². The number of aryl methyl sites for hydroxylation is 1. The summed E-state index contributed by atoms with van der Waals surface area (Å²) >= 11 is 4.25. The van der Waals surface area contributed by atoms with Gasteiger partial charge >= 0.3 is 30.0 Å². The third kappa shape index (κ3) is 4.74. The Morgan fingerprint density at radius 1 is 1.67 bits per heavy atom. The van der Waals surface area contributed by atoms with E-state index in [-0.39, 0.29) is 0 Å².